The summed E-state index contributed by atoms with van der Waals surface area (Å²) < 4.78 is 19.1. The van der Waals surface area contributed by atoms with Crippen LogP contribution in [0.25, 0.3) is 0 Å². The van der Waals surface area contributed by atoms with Crippen molar-refractivity contribution in [2.24, 2.45) is 5.92 Å². The van der Waals surface area contributed by atoms with E-state index < -0.39 is 0 Å². The zero-order valence-corrected chi connectivity index (χ0v) is 13.3. The topological polar surface area (TPSA) is 34.1 Å². The molecule has 1 aromatic heterocycles. The molecule has 0 saturated carbocycles. The fourth-order valence-corrected chi connectivity index (χ4v) is 1.88. The van der Waals surface area contributed by atoms with Gasteiger partial charge in [-0.25, -0.2) is 9.37 Å². The number of hydrogen-bond acceptors (Lipinski definition) is 3. The highest BCUT2D eigenvalue weighted by atomic mass is 19.1. The summed E-state index contributed by atoms with van der Waals surface area (Å²) in [5, 5.41) is 3.33. The standard InChI is InChI=1S/C16H27FN2O/c1-6-7-12(2)11-20-15-13(8-14(17)10-18-15)9-19-16(3,4)5/h8,10,12,19H,6-7,9,11H2,1-5H3. The minimum absolute atomic E-state index is 0.0287. The van der Waals surface area contributed by atoms with E-state index in [2.05, 4.69) is 44.9 Å². The Balaban J connectivity index is 2.69. The molecular formula is C16H27FN2O. The average molecular weight is 282 g/mol. The summed E-state index contributed by atoms with van der Waals surface area (Å²) in [5.41, 5.74) is 0.739. The van der Waals surface area contributed by atoms with Gasteiger partial charge in [0.05, 0.1) is 12.8 Å². The van der Waals surface area contributed by atoms with Gasteiger partial charge < -0.3 is 10.1 Å². The Morgan fingerprint density at radius 2 is 2.10 bits per heavy atom. The Morgan fingerprint density at radius 3 is 2.70 bits per heavy atom. The molecule has 0 aliphatic rings. The third kappa shape index (κ3) is 6.33. The van der Waals surface area contributed by atoms with E-state index in [-0.39, 0.29) is 11.4 Å². The first-order chi connectivity index (χ1) is 9.31. The fraction of sp³-hybridized carbons (Fsp3) is 0.688. The quantitative estimate of drug-likeness (QED) is 0.823. The van der Waals surface area contributed by atoms with E-state index in [1.54, 1.807) is 0 Å². The second-order valence-corrected chi connectivity index (χ2v) is 6.43. The molecule has 1 N–H and O–H groups in total. The van der Waals surface area contributed by atoms with Gasteiger partial charge in [0.25, 0.3) is 0 Å². The minimum atomic E-state index is -0.329. The number of halogens is 1. The van der Waals surface area contributed by atoms with Crippen LogP contribution in [0.15, 0.2) is 12.3 Å². The lowest BCUT2D eigenvalue weighted by Gasteiger charge is -2.21. The zero-order chi connectivity index (χ0) is 15.2. The van der Waals surface area contributed by atoms with Crippen LogP contribution in [0.1, 0.15) is 53.0 Å². The predicted octanol–water partition coefficient (Wildman–Crippen LogP) is 3.92. The summed E-state index contributed by atoms with van der Waals surface area (Å²) in [5.74, 6) is 0.686. The van der Waals surface area contributed by atoms with Crippen molar-refractivity contribution in [1.82, 2.24) is 10.3 Å². The first-order valence-corrected chi connectivity index (χ1v) is 7.34. The number of hydrogen-bond donors (Lipinski definition) is 1. The number of rotatable bonds is 7. The van der Waals surface area contributed by atoms with E-state index in [4.69, 9.17) is 4.74 Å². The molecule has 1 atom stereocenters. The van der Waals surface area contributed by atoms with Gasteiger partial charge >= 0.3 is 0 Å². The molecule has 0 aliphatic heterocycles. The van der Waals surface area contributed by atoms with Gasteiger partial charge in [-0.15, -0.1) is 0 Å². The fourth-order valence-electron chi connectivity index (χ4n) is 1.88. The van der Waals surface area contributed by atoms with Crippen molar-refractivity contribution < 1.29 is 9.13 Å². The summed E-state index contributed by atoms with van der Waals surface area (Å²) in [6.45, 7) is 11.7. The Hall–Kier alpha value is -1.16. The molecule has 1 unspecified atom stereocenters. The molecule has 0 saturated heterocycles. The van der Waals surface area contributed by atoms with E-state index >= 15 is 0 Å². The van der Waals surface area contributed by atoms with Crippen LogP contribution in [0.2, 0.25) is 0 Å². The maximum atomic E-state index is 13.3. The normalized spacial score (nSPS) is 13.3. The van der Waals surface area contributed by atoms with E-state index in [0.29, 0.717) is 24.9 Å². The molecule has 3 nitrogen and oxygen atoms in total. The van der Waals surface area contributed by atoms with Crippen molar-refractivity contribution in [3.63, 3.8) is 0 Å². The molecular weight excluding hydrogens is 255 g/mol. The first-order valence-electron chi connectivity index (χ1n) is 7.34. The molecule has 1 aromatic rings. The van der Waals surface area contributed by atoms with Crippen LogP contribution in [-0.2, 0) is 6.54 Å². The van der Waals surface area contributed by atoms with Gasteiger partial charge in [-0.05, 0) is 39.2 Å². The van der Waals surface area contributed by atoms with Gasteiger partial charge in [0, 0.05) is 17.6 Å². The van der Waals surface area contributed by atoms with Gasteiger partial charge in [-0.1, -0.05) is 20.3 Å². The van der Waals surface area contributed by atoms with Gasteiger partial charge in [0.1, 0.15) is 5.82 Å². The molecule has 4 heteroatoms. The van der Waals surface area contributed by atoms with E-state index in [0.717, 1.165) is 18.4 Å². The van der Waals surface area contributed by atoms with Gasteiger partial charge in [0.2, 0.25) is 5.88 Å². The number of nitrogens with one attached hydrogen (secondary N) is 1. The second-order valence-electron chi connectivity index (χ2n) is 6.43. The summed E-state index contributed by atoms with van der Waals surface area (Å²) in [6, 6.07) is 1.49. The number of ether oxygens (including phenoxy) is 1. The van der Waals surface area contributed by atoms with Crippen LogP contribution >= 0.6 is 0 Å². The smallest absolute Gasteiger partial charge is 0.218 e. The lowest BCUT2D eigenvalue weighted by molar-refractivity contribution is 0.239. The van der Waals surface area contributed by atoms with Crippen molar-refractivity contribution >= 4 is 0 Å². The Labute approximate surface area is 121 Å². The minimum Gasteiger partial charge on any atom is -0.477 e. The molecule has 0 amide bonds. The van der Waals surface area contributed by atoms with Crippen LogP contribution in [0.4, 0.5) is 4.39 Å². The molecule has 0 spiro atoms. The van der Waals surface area contributed by atoms with Crippen LogP contribution in [0, 0.1) is 11.7 Å². The maximum absolute atomic E-state index is 13.3. The molecule has 0 aliphatic carbocycles. The first kappa shape index (κ1) is 16.9. The highest BCUT2D eigenvalue weighted by molar-refractivity contribution is 5.26. The molecule has 0 fully saturated rings. The van der Waals surface area contributed by atoms with E-state index in [9.17, 15) is 4.39 Å². The molecule has 0 radical (unpaired) electrons. The Kier molecular flexibility index (Phi) is 6.40. The molecule has 114 valence electrons. The highest BCUT2D eigenvalue weighted by Gasteiger charge is 2.13. The lowest BCUT2D eigenvalue weighted by Crippen LogP contribution is -2.35. The van der Waals surface area contributed by atoms with Crippen molar-refractivity contribution in [1.29, 1.82) is 0 Å². The van der Waals surface area contributed by atoms with E-state index in [1.807, 2.05) is 0 Å². The molecule has 1 heterocycles. The summed E-state index contributed by atoms with van der Waals surface area (Å²) in [6.07, 6.45) is 3.47. The Bertz CT molecular complexity index is 415. The summed E-state index contributed by atoms with van der Waals surface area (Å²) in [7, 11) is 0. The van der Waals surface area contributed by atoms with Gasteiger partial charge in [-0.3, -0.25) is 0 Å². The average Bonchev–Trinajstić information content (AvgIpc) is 2.34. The SMILES string of the molecule is CCCC(C)COc1ncc(F)cc1CNC(C)(C)C. The number of aromatic nitrogens is 1. The molecule has 0 aromatic carbocycles. The lowest BCUT2D eigenvalue weighted by atomic mass is 10.1. The van der Waals surface area contributed by atoms with Crippen molar-refractivity contribution in [3.8, 4) is 5.88 Å². The van der Waals surface area contributed by atoms with Crippen molar-refractivity contribution in [2.75, 3.05) is 6.61 Å². The number of pyridine rings is 1. The van der Waals surface area contributed by atoms with E-state index in [1.165, 1.54) is 12.3 Å². The van der Waals surface area contributed by atoms with Gasteiger partial charge in [0.15, 0.2) is 0 Å². The molecule has 1 rings (SSSR count). The third-order valence-corrected chi connectivity index (χ3v) is 2.99. The highest BCUT2D eigenvalue weighted by Crippen LogP contribution is 2.18. The second kappa shape index (κ2) is 7.58. The van der Waals surface area contributed by atoms with Crippen LogP contribution in [-0.4, -0.2) is 17.1 Å². The van der Waals surface area contributed by atoms with Crippen molar-refractivity contribution in [2.45, 2.75) is 59.5 Å². The van der Waals surface area contributed by atoms with Crippen molar-refractivity contribution in [3.05, 3.63) is 23.6 Å². The predicted molar refractivity (Wildman–Crippen MR) is 80.4 cm³/mol. The zero-order valence-electron chi connectivity index (χ0n) is 13.3. The summed E-state index contributed by atoms with van der Waals surface area (Å²) in [4.78, 5) is 4.07. The third-order valence-electron chi connectivity index (χ3n) is 2.99. The molecule has 0 bridgehead atoms. The van der Waals surface area contributed by atoms with Gasteiger partial charge in [-0.2, -0.15) is 0 Å². The maximum Gasteiger partial charge on any atom is 0.218 e. The summed E-state index contributed by atoms with van der Waals surface area (Å²) >= 11 is 0. The molecule has 20 heavy (non-hydrogen) atoms. The number of nitrogens with zero attached hydrogens (tertiary/aromatic N) is 1. The van der Waals surface area contributed by atoms with Crippen LogP contribution < -0.4 is 10.1 Å². The Morgan fingerprint density at radius 1 is 1.40 bits per heavy atom. The van der Waals surface area contributed by atoms with Crippen LogP contribution in [0.5, 0.6) is 5.88 Å². The largest absolute Gasteiger partial charge is 0.477 e. The van der Waals surface area contributed by atoms with Crippen LogP contribution in [0.3, 0.4) is 0 Å². The monoisotopic (exact) mass is 282 g/mol.